The highest BCUT2D eigenvalue weighted by Crippen LogP contribution is 2.18. The first-order valence-electron chi connectivity index (χ1n) is 10.2. The summed E-state index contributed by atoms with van der Waals surface area (Å²) >= 11 is 5.95. The summed E-state index contributed by atoms with van der Waals surface area (Å²) in [7, 11) is 0. The lowest BCUT2D eigenvalue weighted by molar-refractivity contribution is 0.0951. The van der Waals surface area contributed by atoms with Crippen LogP contribution in [0.3, 0.4) is 0 Å². The van der Waals surface area contributed by atoms with E-state index in [1.807, 2.05) is 59.2 Å². The molecule has 1 heterocycles. The number of benzene rings is 3. The first-order valence-corrected chi connectivity index (χ1v) is 10.6. The van der Waals surface area contributed by atoms with Gasteiger partial charge in [-0.1, -0.05) is 60.1 Å². The second-order valence-electron chi connectivity index (χ2n) is 7.26. The molecule has 0 bridgehead atoms. The summed E-state index contributed by atoms with van der Waals surface area (Å²) in [5.41, 5.74) is 3.01. The van der Waals surface area contributed by atoms with Crippen LogP contribution < -0.4 is 5.32 Å². The number of aryl methyl sites for hydroxylation is 1. The van der Waals surface area contributed by atoms with Gasteiger partial charge in [-0.05, 0) is 36.8 Å². The molecule has 4 rings (SSSR count). The highest BCUT2D eigenvalue weighted by molar-refractivity contribution is 6.30. The van der Waals surface area contributed by atoms with Gasteiger partial charge in [0.1, 0.15) is 5.82 Å². The minimum atomic E-state index is -0.157. The van der Waals surface area contributed by atoms with Gasteiger partial charge in [-0.3, -0.25) is 9.59 Å². The summed E-state index contributed by atoms with van der Waals surface area (Å²) in [6, 6.07) is 24.0. The molecule has 0 aliphatic carbocycles. The maximum absolute atomic E-state index is 12.8. The second kappa shape index (κ2) is 9.58. The molecule has 0 saturated carbocycles. The number of halogens is 1. The fourth-order valence-electron chi connectivity index (χ4n) is 3.53. The fraction of sp³-hybridized carbons (Fsp3) is 0.160. The summed E-state index contributed by atoms with van der Waals surface area (Å²) in [4.78, 5) is 29.8. The molecular weight excluding hydrogens is 410 g/mol. The molecule has 6 heteroatoms. The number of fused-ring (bicyclic) bond motifs is 1. The van der Waals surface area contributed by atoms with E-state index in [-0.39, 0.29) is 18.2 Å². The van der Waals surface area contributed by atoms with Crippen LogP contribution >= 0.6 is 11.6 Å². The topological polar surface area (TPSA) is 64.0 Å². The van der Waals surface area contributed by atoms with Crippen molar-refractivity contribution in [2.24, 2.45) is 0 Å². The number of imidazole rings is 1. The Balaban J connectivity index is 1.44. The van der Waals surface area contributed by atoms with E-state index in [1.54, 1.807) is 24.3 Å². The molecule has 0 unspecified atom stereocenters. The first kappa shape index (κ1) is 20.8. The molecule has 31 heavy (non-hydrogen) atoms. The minimum absolute atomic E-state index is 0.0410. The van der Waals surface area contributed by atoms with Crippen LogP contribution in [0, 0.1) is 0 Å². The van der Waals surface area contributed by atoms with Crippen LogP contribution in [0.5, 0.6) is 0 Å². The summed E-state index contributed by atoms with van der Waals surface area (Å²) in [5.74, 6) is 0.719. The third-order valence-electron chi connectivity index (χ3n) is 5.08. The van der Waals surface area contributed by atoms with Crippen LogP contribution in [0.15, 0.2) is 78.9 Å². The van der Waals surface area contributed by atoms with Gasteiger partial charge in [0.25, 0.3) is 5.91 Å². The molecule has 0 saturated heterocycles. The van der Waals surface area contributed by atoms with E-state index in [9.17, 15) is 9.59 Å². The van der Waals surface area contributed by atoms with Gasteiger partial charge in [-0.2, -0.15) is 0 Å². The highest BCUT2D eigenvalue weighted by Gasteiger charge is 2.15. The zero-order valence-corrected chi connectivity index (χ0v) is 17.7. The van der Waals surface area contributed by atoms with Gasteiger partial charge in [0.2, 0.25) is 0 Å². The molecule has 0 aliphatic heterocycles. The Bertz CT molecular complexity index is 1220. The van der Waals surface area contributed by atoms with Crippen LogP contribution in [0.2, 0.25) is 5.02 Å². The maximum atomic E-state index is 12.8. The number of nitrogens with one attached hydrogen (secondary N) is 1. The number of carbonyl (C=O) groups is 2. The zero-order chi connectivity index (χ0) is 21.6. The van der Waals surface area contributed by atoms with Crippen molar-refractivity contribution in [3.63, 3.8) is 0 Å². The van der Waals surface area contributed by atoms with Crippen molar-refractivity contribution < 1.29 is 9.59 Å². The number of para-hydroxylation sites is 2. The molecule has 0 fully saturated rings. The predicted molar refractivity (Wildman–Crippen MR) is 123 cm³/mol. The van der Waals surface area contributed by atoms with E-state index >= 15 is 0 Å². The number of aromatic nitrogens is 2. The van der Waals surface area contributed by atoms with Crippen molar-refractivity contribution in [1.29, 1.82) is 0 Å². The Hall–Kier alpha value is -3.44. The van der Waals surface area contributed by atoms with Crippen LogP contribution in [0.4, 0.5) is 0 Å². The summed E-state index contributed by atoms with van der Waals surface area (Å²) < 4.78 is 1.98. The minimum Gasteiger partial charge on any atom is -0.352 e. The number of rotatable bonds is 8. The van der Waals surface area contributed by atoms with Crippen molar-refractivity contribution in [2.75, 3.05) is 6.54 Å². The average molecular weight is 432 g/mol. The van der Waals surface area contributed by atoms with Gasteiger partial charge < -0.3 is 9.88 Å². The van der Waals surface area contributed by atoms with Crippen LogP contribution in [0.25, 0.3) is 11.0 Å². The van der Waals surface area contributed by atoms with Crippen molar-refractivity contribution in [2.45, 2.75) is 19.4 Å². The summed E-state index contributed by atoms with van der Waals surface area (Å²) in [6.45, 7) is 0.732. The van der Waals surface area contributed by atoms with Gasteiger partial charge in [0.15, 0.2) is 5.78 Å². The highest BCUT2D eigenvalue weighted by atomic mass is 35.5. The van der Waals surface area contributed by atoms with E-state index in [4.69, 9.17) is 16.6 Å². The van der Waals surface area contributed by atoms with Gasteiger partial charge in [-0.15, -0.1) is 0 Å². The monoisotopic (exact) mass is 431 g/mol. The van der Waals surface area contributed by atoms with E-state index in [2.05, 4.69) is 5.32 Å². The molecule has 156 valence electrons. The molecule has 1 amide bonds. The number of ketones is 1. The zero-order valence-electron chi connectivity index (χ0n) is 16.9. The Morgan fingerprint density at radius 1 is 0.903 bits per heavy atom. The first-order chi connectivity index (χ1) is 15.1. The summed E-state index contributed by atoms with van der Waals surface area (Å²) in [5, 5.41) is 3.45. The van der Waals surface area contributed by atoms with Crippen molar-refractivity contribution >= 4 is 34.3 Å². The third kappa shape index (κ3) is 5.01. The van der Waals surface area contributed by atoms with Crippen LogP contribution in [0.1, 0.15) is 33.0 Å². The number of nitrogens with zero attached hydrogens (tertiary/aromatic N) is 2. The molecule has 1 aromatic heterocycles. The molecule has 5 nitrogen and oxygen atoms in total. The second-order valence-corrected chi connectivity index (χ2v) is 7.70. The standard InChI is InChI=1S/C25H22ClN3O2/c26-20-11-6-10-19(16-20)25(31)27-15-7-14-24-28-21-12-4-5-13-22(21)29(24)17-23(30)18-8-2-1-3-9-18/h1-6,8-13,16H,7,14-15,17H2,(H,27,31). The molecular formula is C25H22ClN3O2. The van der Waals surface area contributed by atoms with Crippen LogP contribution in [-0.2, 0) is 13.0 Å². The van der Waals surface area contributed by atoms with Crippen molar-refractivity contribution in [3.8, 4) is 0 Å². The number of Topliss-reactive ketones (excluding diaryl/α,β-unsaturated/α-hetero) is 1. The van der Waals surface area contributed by atoms with Gasteiger partial charge in [-0.25, -0.2) is 4.98 Å². The smallest absolute Gasteiger partial charge is 0.251 e. The predicted octanol–water partition coefficient (Wildman–Crippen LogP) is 4.94. The van der Waals surface area contributed by atoms with Gasteiger partial charge in [0, 0.05) is 29.1 Å². The molecule has 1 N–H and O–H groups in total. The van der Waals surface area contributed by atoms with E-state index < -0.39 is 0 Å². The van der Waals surface area contributed by atoms with E-state index in [0.29, 0.717) is 35.5 Å². The average Bonchev–Trinajstić information content (AvgIpc) is 3.14. The van der Waals surface area contributed by atoms with Crippen LogP contribution in [-0.4, -0.2) is 27.8 Å². The normalized spacial score (nSPS) is 10.9. The molecule has 0 spiro atoms. The number of carbonyl (C=O) groups excluding carboxylic acids is 2. The SMILES string of the molecule is O=C(Cn1c(CCCNC(=O)c2cccc(Cl)c2)nc2ccccc21)c1ccccc1. The number of amides is 1. The van der Waals surface area contributed by atoms with Crippen molar-refractivity contribution in [1.82, 2.24) is 14.9 Å². The Kier molecular flexibility index (Phi) is 6.43. The number of hydrogen-bond acceptors (Lipinski definition) is 3. The largest absolute Gasteiger partial charge is 0.352 e. The molecule has 0 radical (unpaired) electrons. The number of hydrogen-bond donors (Lipinski definition) is 1. The quantitative estimate of drug-likeness (QED) is 0.317. The summed E-state index contributed by atoms with van der Waals surface area (Å²) in [6.07, 6.45) is 1.35. The molecule has 3 aromatic carbocycles. The third-order valence-corrected chi connectivity index (χ3v) is 5.32. The fourth-order valence-corrected chi connectivity index (χ4v) is 3.72. The maximum Gasteiger partial charge on any atom is 0.251 e. The lowest BCUT2D eigenvalue weighted by atomic mass is 10.1. The molecule has 0 aliphatic rings. The van der Waals surface area contributed by atoms with Gasteiger partial charge in [0.05, 0.1) is 17.6 Å². The van der Waals surface area contributed by atoms with Gasteiger partial charge >= 0.3 is 0 Å². The van der Waals surface area contributed by atoms with E-state index in [0.717, 1.165) is 16.9 Å². The lowest BCUT2D eigenvalue weighted by Crippen LogP contribution is -2.25. The Labute approximate surface area is 185 Å². The molecule has 0 atom stereocenters. The lowest BCUT2D eigenvalue weighted by Gasteiger charge is -2.10. The Morgan fingerprint density at radius 3 is 2.45 bits per heavy atom. The van der Waals surface area contributed by atoms with Crippen molar-refractivity contribution in [3.05, 3.63) is 101 Å². The molecule has 4 aromatic rings. The van der Waals surface area contributed by atoms with E-state index in [1.165, 1.54) is 0 Å². The Morgan fingerprint density at radius 2 is 1.65 bits per heavy atom.